The van der Waals surface area contributed by atoms with Crippen LogP contribution in [0, 0.1) is 96.9 Å². The van der Waals surface area contributed by atoms with Gasteiger partial charge in [0.25, 0.3) is 0 Å². The molecule has 0 saturated carbocycles. The highest BCUT2D eigenvalue weighted by atomic mass is 32.1. The van der Waals surface area contributed by atoms with Crippen LogP contribution in [0.4, 0.5) is 8.63 Å². The average molecular weight is 795 g/mol. The third-order valence-corrected chi connectivity index (χ3v) is 15.5. The molecule has 0 amide bonds. The molecular formula is C51H58B2F2S2-2. The molecule has 0 bridgehead atoms. The normalized spacial score (nSPS) is 13.7. The van der Waals surface area contributed by atoms with Gasteiger partial charge < -0.3 is 8.63 Å². The summed E-state index contributed by atoms with van der Waals surface area (Å²) in [5.74, 6) is 0. The summed E-state index contributed by atoms with van der Waals surface area (Å²) in [5.41, 5.74) is 20.7. The summed E-state index contributed by atoms with van der Waals surface area (Å²) in [6, 6.07) is 21.5. The van der Waals surface area contributed by atoms with Crippen LogP contribution in [0.25, 0.3) is 11.1 Å². The minimum absolute atomic E-state index is 0.788. The van der Waals surface area contributed by atoms with Crippen molar-refractivity contribution in [2.24, 2.45) is 0 Å². The molecule has 2 heterocycles. The summed E-state index contributed by atoms with van der Waals surface area (Å²) >= 11 is 3.24. The molecule has 6 heteroatoms. The Morgan fingerprint density at radius 2 is 0.596 bits per heavy atom. The van der Waals surface area contributed by atoms with Gasteiger partial charge in [-0.1, -0.05) is 127 Å². The fourth-order valence-corrected chi connectivity index (χ4v) is 13.9. The van der Waals surface area contributed by atoms with Gasteiger partial charge in [0.2, 0.25) is 12.8 Å². The maximum Gasteiger partial charge on any atom is 0.244 e. The molecule has 6 aromatic rings. The van der Waals surface area contributed by atoms with E-state index in [9.17, 15) is 0 Å². The maximum absolute atomic E-state index is 19.1. The zero-order chi connectivity index (χ0) is 41.5. The molecule has 0 saturated heterocycles. The van der Waals surface area contributed by atoms with E-state index in [1.807, 2.05) is 0 Å². The largest absolute Gasteiger partial charge is 0.497 e. The van der Waals surface area contributed by atoms with Crippen molar-refractivity contribution in [1.82, 2.24) is 0 Å². The average Bonchev–Trinajstić information content (AvgIpc) is 3.81. The molecular weight excluding hydrogens is 736 g/mol. The predicted octanol–water partition coefficient (Wildman–Crippen LogP) is 11.1. The Morgan fingerprint density at radius 3 is 0.825 bits per heavy atom. The maximum atomic E-state index is 19.1. The Hall–Kier alpha value is -3.99. The number of allylic oxidation sites excluding steroid dienone is 2. The Kier molecular flexibility index (Phi) is 10.8. The van der Waals surface area contributed by atoms with Crippen molar-refractivity contribution in [1.29, 1.82) is 0 Å². The van der Waals surface area contributed by atoms with Gasteiger partial charge in [0, 0.05) is 9.75 Å². The van der Waals surface area contributed by atoms with Crippen LogP contribution in [0.2, 0.25) is 0 Å². The zero-order valence-electron chi connectivity index (χ0n) is 36.6. The molecule has 4 aromatic carbocycles. The predicted molar refractivity (Wildman–Crippen MR) is 253 cm³/mol. The number of aryl methyl sites for hydroxylation is 14. The monoisotopic (exact) mass is 794 g/mol. The van der Waals surface area contributed by atoms with Crippen molar-refractivity contribution >= 4 is 78.1 Å². The number of hydrogen-bond acceptors (Lipinski definition) is 2. The first-order chi connectivity index (χ1) is 26.8. The molecule has 0 fully saturated rings. The summed E-state index contributed by atoms with van der Waals surface area (Å²) in [6.07, 6.45) is -2.69. The van der Waals surface area contributed by atoms with Crippen LogP contribution in [0.5, 0.6) is 0 Å². The smallest absolute Gasteiger partial charge is 0.244 e. The van der Waals surface area contributed by atoms with E-state index in [1.165, 1.54) is 11.1 Å². The SMILES string of the molecule is Cc1cc(C)c([B-](F)(c2cc(C3=C(c4cc([B-](F)(c5c(C)cc(C)cc5C)c5c(C)cc(C)cc5C)sc4C)CCC3)c(C)s2)c2c(C)cc(C)cc2C)c(C)c1. The lowest BCUT2D eigenvalue weighted by molar-refractivity contribution is 0.839. The zero-order valence-corrected chi connectivity index (χ0v) is 38.3. The van der Waals surface area contributed by atoms with Crippen LogP contribution in [0.15, 0.2) is 60.7 Å². The Bertz CT molecular complexity index is 2250. The van der Waals surface area contributed by atoms with E-state index in [0.717, 1.165) is 138 Å². The van der Waals surface area contributed by atoms with Gasteiger partial charge in [0.15, 0.2) is 0 Å². The van der Waals surface area contributed by atoms with Crippen molar-refractivity contribution in [3.8, 4) is 0 Å². The van der Waals surface area contributed by atoms with Gasteiger partial charge in [-0.2, -0.15) is 44.5 Å². The third kappa shape index (κ3) is 6.83. The second-order valence-electron chi connectivity index (χ2n) is 17.8. The molecule has 1 aliphatic rings. The molecule has 0 atom stereocenters. The van der Waals surface area contributed by atoms with Crippen molar-refractivity contribution < 1.29 is 8.63 Å². The van der Waals surface area contributed by atoms with E-state index < -0.39 is 12.8 Å². The first-order valence-corrected chi connectivity index (χ1v) is 22.3. The second kappa shape index (κ2) is 15.0. The number of halogens is 2. The standard InChI is InChI=1S/C51H58B2F2S2/c1-28-18-32(5)48(33(6)19-28)52(54,49-34(7)20-29(2)21-35(49)8)46-26-44(40(13)56-46)42-16-15-17-43(42)45-27-47(57-41(45)14)53(55,50-36(9)22-30(3)23-37(50)10)51-38(11)24-31(4)25-39(51)12/h18-27H,15-17H2,1-14H3/q-2. The fraction of sp³-hybridized carbons (Fsp3) is 0.333. The van der Waals surface area contributed by atoms with Crippen LogP contribution in [-0.2, 0) is 0 Å². The van der Waals surface area contributed by atoms with Crippen LogP contribution in [-0.4, -0.2) is 12.8 Å². The lowest BCUT2D eigenvalue weighted by atomic mass is 9.31. The van der Waals surface area contributed by atoms with Gasteiger partial charge in [-0.15, -0.1) is 9.55 Å². The van der Waals surface area contributed by atoms with Crippen molar-refractivity contribution in [2.45, 2.75) is 116 Å². The lowest BCUT2D eigenvalue weighted by Crippen LogP contribution is -2.66. The van der Waals surface area contributed by atoms with E-state index in [0.29, 0.717) is 0 Å². The number of hydrogen-bond donors (Lipinski definition) is 0. The lowest BCUT2D eigenvalue weighted by Gasteiger charge is -2.40. The van der Waals surface area contributed by atoms with Crippen LogP contribution >= 0.6 is 22.7 Å². The van der Waals surface area contributed by atoms with Crippen molar-refractivity contribution in [2.75, 3.05) is 0 Å². The van der Waals surface area contributed by atoms with E-state index in [-0.39, 0.29) is 0 Å². The van der Waals surface area contributed by atoms with E-state index in [1.54, 1.807) is 22.7 Å². The van der Waals surface area contributed by atoms with Gasteiger partial charge in [-0.05, 0) is 138 Å². The third-order valence-electron chi connectivity index (χ3n) is 13.1. The quantitative estimate of drug-likeness (QED) is 0.135. The van der Waals surface area contributed by atoms with Gasteiger partial charge in [0.05, 0.1) is 0 Å². The second-order valence-corrected chi connectivity index (χ2v) is 20.4. The van der Waals surface area contributed by atoms with Crippen molar-refractivity contribution in [3.05, 3.63) is 148 Å². The Balaban J connectivity index is 1.44. The van der Waals surface area contributed by atoms with Crippen LogP contribution < -0.4 is 31.4 Å². The highest BCUT2D eigenvalue weighted by Crippen LogP contribution is 2.44. The summed E-state index contributed by atoms with van der Waals surface area (Å²) in [6.45, 7) is 29.3. The van der Waals surface area contributed by atoms with Crippen LogP contribution in [0.3, 0.4) is 0 Å². The molecule has 57 heavy (non-hydrogen) atoms. The molecule has 0 spiro atoms. The summed E-state index contributed by atoms with van der Waals surface area (Å²) in [7, 11) is 0. The molecule has 0 aliphatic heterocycles. The van der Waals surface area contributed by atoms with E-state index >= 15 is 8.63 Å². The summed E-state index contributed by atoms with van der Waals surface area (Å²) < 4.78 is 39.8. The topological polar surface area (TPSA) is 0 Å². The first kappa shape index (κ1) is 41.2. The number of benzene rings is 4. The highest BCUT2D eigenvalue weighted by Gasteiger charge is 2.39. The van der Waals surface area contributed by atoms with E-state index in [4.69, 9.17) is 0 Å². The number of thiophene rings is 2. The van der Waals surface area contributed by atoms with Gasteiger partial charge in [0.1, 0.15) is 0 Å². The first-order valence-electron chi connectivity index (χ1n) is 20.7. The minimum Gasteiger partial charge on any atom is -0.497 e. The summed E-state index contributed by atoms with van der Waals surface area (Å²) in [4.78, 5) is 2.28. The highest BCUT2D eigenvalue weighted by molar-refractivity contribution is 7.32. The molecule has 2 aromatic heterocycles. The van der Waals surface area contributed by atoms with Crippen molar-refractivity contribution in [3.63, 3.8) is 0 Å². The summed E-state index contributed by atoms with van der Waals surface area (Å²) in [5, 5.41) is 0. The molecule has 0 nitrogen and oxygen atoms in total. The minimum atomic E-state index is -2.78. The fourth-order valence-electron chi connectivity index (χ4n) is 11.5. The number of rotatable bonds is 8. The van der Waals surface area contributed by atoms with Gasteiger partial charge >= 0.3 is 0 Å². The molecule has 1 aliphatic carbocycles. The molecule has 0 radical (unpaired) electrons. The molecule has 0 unspecified atom stereocenters. The van der Waals surface area contributed by atoms with Crippen LogP contribution in [0.1, 0.15) is 107 Å². The molecule has 0 N–H and O–H groups in total. The van der Waals surface area contributed by atoms with E-state index in [2.05, 4.69) is 158 Å². The molecule has 296 valence electrons. The van der Waals surface area contributed by atoms with Gasteiger partial charge in [-0.3, -0.25) is 0 Å². The Labute approximate surface area is 349 Å². The Morgan fingerprint density at radius 1 is 0.368 bits per heavy atom. The van der Waals surface area contributed by atoms with Gasteiger partial charge in [-0.25, -0.2) is 0 Å². The molecule has 7 rings (SSSR count).